The summed E-state index contributed by atoms with van der Waals surface area (Å²) in [6.45, 7) is 0.187. The topological polar surface area (TPSA) is 109 Å². The lowest BCUT2D eigenvalue weighted by molar-refractivity contribution is -0.142. The highest BCUT2D eigenvalue weighted by Gasteiger charge is 2.45. The third-order valence-corrected chi connectivity index (χ3v) is 10.2. The Bertz CT molecular complexity index is 1300. The summed E-state index contributed by atoms with van der Waals surface area (Å²) < 4.78 is 2.00. The summed E-state index contributed by atoms with van der Waals surface area (Å²) in [6, 6.07) is 9.72. The summed E-state index contributed by atoms with van der Waals surface area (Å²) in [6.07, 6.45) is 15.3. The summed E-state index contributed by atoms with van der Waals surface area (Å²) in [5, 5.41) is 16.3. The average molecular weight is 564 g/mol. The Morgan fingerprint density at radius 1 is 1.00 bits per heavy atom. The van der Waals surface area contributed by atoms with Crippen molar-refractivity contribution >= 4 is 22.7 Å². The molecule has 1 aromatic carbocycles. The van der Waals surface area contributed by atoms with E-state index in [9.17, 15) is 9.59 Å². The minimum Gasteiger partial charge on any atom is -0.479 e. The maximum absolute atomic E-state index is 14.3. The van der Waals surface area contributed by atoms with Gasteiger partial charge in [-0.15, -0.1) is 0 Å². The van der Waals surface area contributed by atoms with Gasteiger partial charge in [0.1, 0.15) is 5.71 Å². The molecule has 9 heteroatoms. The number of benzene rings is 1. The first-order valence-electron chi connectivity index (χ1n) is 15.9. The Morgan fingerprint density at radius 2 is 1.71 bits per heavy atom. The molecule has 0 amide bonds. The van der Waals surface area contributed by atoms with E-state index in [1.165, 1.54) is 57.8 Å². The van der Waals surface area contributed by atoms with Gasteiger partial charge in [0.25, 0.3) is 5.56 Å². The zero-order valence-corrected chi connectivity index (χ0v) is 24.3. The Labute approximate surface area is 242 Å². The maximum atomic E-state index is 14.3. The van der Waals surface area contributed by atoms with Crippen LogP contribution in [0.1, 0.15) is 95.2 Å². The molecule has 3 heterocycles. The maximum Gasteiger partial charge on any atom is 0.344 e. The number of carboxylic acids is 1. The van der Waals surface area contributed by atoms with Gasteiger partial charge in [-0.2, -0.15) is 0 Å². The highest BCUT2D eigenvalue weighted by atomic mass is 16.6. The van der Waals surface area contributed by atoms with Crippen molar-refractivity contribution in [1.82, 2.24) is 19.8 Å². The third-order valence-electron chi connectivity index (χ3n) is 10.2. The predicted octanol–water partition coefficient (Wildman–Crippen LogP) is 4.73. The lowest BCUT2D eigenvalue weighted by Gasteiger charge is -2.55. The van der Waals surface area contributed by atoms with Gasteiger partial charge in [0.15, 0.2) is 5.69 Å². The van der Waals surface area contributed by atoms with E-state index in [-0.39, 0.29) is 17.3 Å². The fourth-order valence-electron chi connectivity index (χ4n) is 8.65. The second-order valence-electron chi connectivity index (χ2n) is 12.9. The number of carbonyl (C=O) groups is 1. The van der Waals surface area contributed by atoms with Crippen LogP contribution in [0, 0.1) is 11.8 Å². The SMILES string of the molecule is CNCCCC(=NOCC(=O)O)c1nc2ccccc2n(C2CC3CCCC(C2)N3C2CC3CCCC(C3)C2)c1=O. The number of rotatable bonds is 10. The van der Waals surface area contributed by atoms with Gasteiger partial charge in [0, 0.05) is 24.2 Å². The third kappa shape index (κ3) is 6.07. The summed E-state index contributed by atoms with van der Waals surface area (Å²) in [5.41, 5.74) is 2.17. The standard InChI is InChI=1S/C32H45N5O4/c1-33-14-6-12-28(35-41-20-30(38)39)31-32(40)37(29-13-3-2-11-27(29)34-31)26-18-23-9-5-10-24(19-26)36(23)25-16-21-7-4-8-22(15-21)17-25/h2-3,11,13,21-26,33H,4-10,12,14-20H2,1H3,(H,38,39). The first kappa shape index (κ1) is 28.3. The van der Waals surface area contributed by atoms with Crippen LogP contribution in [0.25, 0.3) is 11.0 Å². The van der Waals surface area contributed by atoms with Crippen molar-refractivity contribution in [3.05, 3.63) is 40.3 Å². The first-order valence-corrected chi connectivity index (χ1v) is 15.9. The van der Waals surface area contributed by atoms with E-state index in [1.54, 1.807) is 0 Å². The van der Waals surface area contributed by atoms with Crippen molar-refractivity contribution in [3.8, 4) is 0 Å². The van der Waals surface area contributed by atoms with Crippen molar-refractivity contribution in [2.75, 3.05) is 20.2 Å². The number of carboxylic acid groups (broad SMARTS) is 1. The van der Waals surface area contributed by atoms with Crippen LogP contribution in [0.15, 0.2) is 34.2 Å². The predicted molar refractivity (Wildman–Crippen MR) is 159 cm³/mol. The molecule has 1 aromatic heterocycles. The van der Waals surface area contributed by atoms with E-state index in [0.717, 1.165) is 48.7 Å². The summed E-state index contributed by atoms with van der Waals surface area (Å²) in [5.74, 6) is 0.709. The molecule has 4 aliphatic rings. The molecule has 2 N–H and O–H groups in total. The molecule has 2 aliphatic heterocycles. The number of piperidine rings is 2. The molecule has 4 atom stereocenters. The lowest BCUT2D eigenvalue weighted by atomic mass is 9.68. The van der Waals surface area contributed by atoms with Gasteiger partial charge in [-0.25, -0.2) is 9.78 Å². The van der Waals surface area contributed by atoms with Crippen molar-refractivity contribution in [2.45, 2.75) is 108 Å². The number of hydrogen-bond donors (Lipinski definition) is 2. The quantitative estimate of drug-likeness (QED) is 0.244. The highest BCUT2D eigenvalue weighted by molar-refractivity contribution is 5.99. The number of hydrogen-bond acceptors (Lipinski definition) is 7. The fourth-order valence-corrected chi connectivity index (χ4v) is 8.65. The number of nitrogens with one attached hydrogen (secondary N) is 1. The summed E-state index contributed by atoms with van der Waals surface area (Å²) >= 11 is 0. The van der Waals surface area contributed by atoms with Gasteiger partial charge < -0.3 is 19.8 Å². The number of oxime groups is 1. The van der Waals surface area contributed by atoms with Gasteiger partial charge in [-0.3, -0.25) is 9.69 Å². The second kappa shape index (κ2) is 12.6. The number of para-hydroxylation sites is 2. The van der Waals surface area contributed by atoms with Crippen molar-refractivity contribution < 1.29 is 14.7 Å². The average Bonchev–Trinajstić information content (AvgIpc) is 2.95. The van der Waals surface area contributed by atoms with Crippen LogP contribution in [0.2, 0.25) is 0 Å². The van der Waals surface area contributed by atoms with Gasteiger partial charge in [0.2, 0.25) is 6.61 Å². The number of aromatic nitrogens is 2. The molecule has 0 radical (unpaired) electrons. The highest BCUT2D eigenvalue weighted by Crippen LogP contribution is 2.47. The minimum atomic E-state index is -1.10. The molecule has 2 saturated carbocycles. The van der Waals surface area contributed by atoms with E-state index < -0.39 is 12.6 Å². The molecule has 4 bridgehead atoms. The van der Waals surface area contributed by atoms with Gasteiger partial charge in [0.05, 0.1) is 11.0 Å². The molecule has 2 aromatic rings. The second-order valence-corrected chi connectivity index (χ2v) is 12.9. The van der Waals surface area contributed by atoms with Crippen LogP contribution in [-0.2, 0) is 9.63 Å². The van der Waals surface area contributed by atoms with Gasteiger partial charge in [-0.05, 0) is 95.3 Å². The largest absolute Gasteiger partial charge is 0.479 e. The molecule has 41 heavy (non-hydrogen) atoms. The smallest absolute Gasteiger partial charge is 0.344 e. The lowest BCUT2D eigenvalue weighted by Crippen LogP contribution is -2.58. The Kier molecular flexibility index (Phi) is 8.72. The van der Waals surface area contributed by atoms with Crippen LogP contribution in [0.4, 0.5) is 0 Å². The number of nitrogens with zero attached hydrogens (tertiary/aromatic N) is 4. The molecule has 6 rings (SSSR count). The van der Waals surface area contributed by atoms with Gasteiger partial charge >= 0.3 is 5.97 Å². The molecule has 2 aliphatic carbocycles. The summed E-state index contributed by atoms with van der Waals surface area (Å²) in [7, 11) is 1.88. The van der Waals surface area contributed by atoms with E-state index in [0.29, 0.717) is 30.3 Å². The van der Waals surface area contributed by atoms with Crippen LogP contribution in [0.3, 0.4) is 0 Å². The Hall–Kier alpha value is -2.78. The number of aliphatic carboxylic acids is 1. The molecule has 2 saturated heterocycles. The monoisotopic (exact) mass is 563 g/mol. The number of fused-ring (bicyclic) bond motifs is 5. The molecule has 4 unspecified atom stereocenters. The molecule has 0 spiro atoms. The van der Waals surface area contributed by atoms with E-state index in [1.807, 2.05) is 35.9 Å². The molecule has 222 valence electrons. The van der Waals surface area contributed by atoms with E-state index in [4.69, 9.17) is 14.9 Å². The molecular formula is C32H45N5O4. The van der Waals surface area contributed by atoms with Crippen LogP contribution in [0.5, 0.6) is 0 Å². The van der Waals surface area contributed by atoms with Crippen LogP contribution < -0.4 is 10.9 Å². The zero-order valence-electron chi connectivity index (χ0n) is 24.3. The molecule has 4 fully saturated rings. The van der Waals surface area contributed by atoms with Crippen molar-refractivity contribution in [2.24, 2.45) is 17.0 Å². The van der Waals surface area contributed by atoms with E-state index >= 15 is 0 Å². The van der Waals surface area contributed by atoms with Crippen molar-refractivity contribution in [3.63, 3.8) is 0 Å². The first-order chi connectivity index (χ1) is 20.0. The molecular weight excluding hydrogens is 518 g/mol. The normalized spacial score (nSPS) is 30.3. The summed E-state index contributed by atoms with van der Waals surface area (Å²) in [4.78, 5) is 38.2. The Balaban J connectivity index is 1.33. The zero-order chi connectivity index (χ0) is 28.3. The minimum absolute atomic E-state index is 0.0993. The molecule has 9 nitrogen and oxygen atoms in total. The van der Waals surface area contributed by atoms with Crippen molar-refractivity contribution in [1.29, 1.82) is 0 Å². The Morgan fingerprint density at radius 3 is 2.41 bits per heavy atom. The fraction of sp³-hybridized carbons (Fsp3) is 0.688. The van der Waals surface area contributed by atoms with E-state index in [2.05, 4.69) is 15.4 Å². The van der Waals surface area contributed by atoms with Crippen LogP contribution in [-0.4, -0.2) is 69.6 Å². The van der Waals surface area contributed by atoms with Gasteiger partial charge in [-0.1, -0.05) is 43.0 Å². The van der Waals surface area contributed by atoms with Crippen LogP contribution >= 0.6 is 0 Å².